The number of hydrogen-bond donors (Lipinski definition) is 0. The minimum Gasteiger partial charge on any atom is -0.311 e. The SMILES string of the molecule is CCC(C)n1c(C)c(C)n2c3c(=O)n(CC(=O)c4ccccc4)c(=O)n(C)c3nc12. The third-order valence-electron chi connectivity index (χ3n) is 5.99. The zero-order chi connectivity index (χ0) is 21.7. The molecule has 3 heterocycles. The van der Waals surface area contributed by atoms with Crippen LogP contribution in [0.4, 0.5) is 0 Å². The Balaban J connectivity index is 2.01. The molecule has 0 amide bonds. The Morgan fingerprint density at radius 1 is 1.10 bits per heavy atom. The molecule has 4 aromatic rings. The van der Waals surface area contributed by atoms with Crippen LogP contribution in [0, 0.1) is 13.8 Å². The second kappa shape index (κ2) is 7.12. The number of carbonyl (C=O) groups is 1. The summed E-state index contributed by atoms with van der Waals surface area (Å²) in [7, 11) is 1.58. The summed E-state index contributed by atoms with van der Waals surface area (Å²) in [6, 6.07) is 8.85. The Bertz CT molecular complexity index is 1400. The van der Waals surface area contributed by atoms with Gasteiger partial charge in [0.1, 0.15) is 0 Å². The van der Waals surface area contributed by atoms with Gasteiger partial charge in [0.15, 0.2) is 16.9 Å². The molecule has 0 N–H and O–H groups in total. The molecule has 0 radical (unpaired) electrons. The molecule has 0 aliphatic carbocycles. The maximum absolute atomic E-state index is 13.4. The van der Waals surface area contributed by atoms with E-state index in [2.05, 4.69) is 23.4 Å². The summed E-state index contributed by atoms with van der Waals surface area (Å²) in [6.07, 6.45) is 0.905. The van der Waals surface area contributed by atoms with E-state index < -0.39 is 11.2 Å². The third kappa shape index (κ3) is 2.74. The minimum absolute atomic E-state index is 0.192. The van der Waals surface area contributed by atoms with Crippen LogP contribution in [0.25, 0.3) is 16.9 Å². The van der Waals surface area contributed by atoms with Crippen molar-refractivity contribution in [2.24, 2.45) is 7.05 Å². The fourth-order valence-corrected chi connectivity index (χ4v) is 3.98. The van der Waals surface area contributed by atoms with E-state index in [1.54, 1.807) is 31.3 Å². The van der Waals surface area contributed by atoms with Gasteiger partial charge in [-0.1, -0.05) is 37.3 Å². The monoisotopic (exact) mass is 407 g/mol. The molecule has 0 spiro atoms. The van der Waals surface area contributed by atoms with E-state index in [9.17, 15) is 14.4 Å². The Labute approximate surface area is 173 Å². The third-order valence-corrected chi connectivity index (χ3v) is 5.99. The first kappa shape index (κ1) is 19.9. The lowest BCUT2D eigenvalue weighted by Crippen LogP contribution is -2.41. The van der Waals surface area contributed by atoms with Gasteiger partial charge in [0, 0.05) is 30.0 Å². The smallest absolute Gasteiger partial charge is 0.311 e. The zero-order valence-corrected chi connectivity index (χ0v) is 17.8. The quantitative estimate of drug-likeness (QED) is 0.476. The van der Waals surface area contributed by atoms with Crippen molar-refractivity contribution >= 4 is 22.7 Å². The molecule has 4 rings (SSSR count). The topological polar surface area (TPSA) is 83.3 Å². The van der Waals surface area contributed by atoms with E-state index in [0.717, 1.165) is 22.4 Å². The van der Waals surface area contributed by atoms with Crippen LogP contribution < -0.4 is 11.2 Å². The highest BCUT2D eigenvalue weighted by atomic mass is 16.2. The van der Waals surface area contributed by atoms with Gasteiger partial charge in [-0.2, -0.15) is 4.98 Å². The number of hydrogen-bond acceptors (Lipinski definition) is 4. The normalized spacial score (nSPS) is 12.7. The number of rotatable bonds is 5. The molecule has 8 nitrogen and oxygen atoms in total. The first-order valence-corrected chi connectivity index (χ1v) is 10.1. The van der Waals surface area contributed by atoms with Gasteiger partial charge in [-0.25, -0.2) is 4.79 Å². The molecule has 3 aromatic heterocycles. The van der Waals surface area contributed by atoms with Crippen molar-refractivity contribution in [2.75, 3.05) is 0 Å². The van der Waals surface area contributed by atoms with Crippen LogP contribution in [0.3, 0.4) is 0 Å². The average molecular weight is 407 g/mol. The number of imidazole rings is 2. The maximum Gasteiger partial charge on any atom is 0.332 e. The molecule has 1 atom stereocenters. The lowest BCUT2D eigenvalue weighted by Gasteiger charge is -2.13. The van der Waals surface area contributed by atoms with E-state index in [0.29, 0.717) is 22.5 Å². The van der Waals surface area contributed by atoms with Gasteiger partial charge in [0.05, 0.1) is 6.54 Å². The van der Waals surface area contributed by atoms with Gasteiger partial charge in [0.2, 0.25) is 5.78 Å². The molecule has 156 valence electrons. The van der Waals surface area contributed by atoms with Crippen LogP contribution in [0.2, 0.25) is 0 Å². The summed E-state index contributed by atoms with van der Waals surface area (Å²) in [5, 5.41) is 0. The highest BCUT2D eigenvalue weighted by Crippen LogP contribution is 2.25. The maximum atomic E-state index is 13.4. The van der Waals surface area contributed by atoms with Crippen LogP contribution in [0.15, 0.2) is 39.9 Å². The van der Waals surface area contributed by atoms with Gasteiger partial charge in [-0.3, -0.25) is 23.1 Å². The second-order valence-electron chi connectivity index (χ2n) is 7.74. The molecule has 0 saturated carbocycles. The van der Waals surface area contributed by atoms with Crippen LogP contribution >= 0.6 is 0 Å². The number of fused-ring (bicyclic) bond motifs is 3. The van der Waals surface area contributed by atoms with Gasteiger partial charge in [-0.15, -0.1) is 0 Å². The number of carbonyl (C=O) groups excluding carboxylic acids is 1. The molecule has 30 heavy (non-hydrogen) atoms. The molecule has 0 aliphatic rings. The van der Waals surface area contributed by atoms with Gasteiger partial charge >= 0.3 is 5.69 Å². The molecule has 0 fully saturated rings. The highest BCUT2D eigenvalue weighted by Gasteiger charge is 2.24. The Morgan fingerprint density at radius 2 is 1.77 bits per heavy atom. The van der Waals surface area contributed by atoms with Crippen molar-refractivity contribution in [1.82, 2.24) is 23.1 Å². The Hall–Kier alpha value is -3.42. The van der Waals surface area contributed by atoms with Crippen molar-refractivity contribution in [3.8, 4) is 0 Å². The number of aromatic nitrogens is 5. The number of aryl methyl sites for hydroxylation is 2. The van der Waals surface area contributed by atoms with Crippen LogP contribution in [-0.2, 0) is 13.6 Å². The molecule has 0 aliphatic heterocycles. The van der Waals surface area contributed by atoms with Crippen molar-refractivity contribution in [3.63, 3.8) is 0 Å². The molecule has 0 bridgehead atoms. The predicted octanol–water partition coefficient (Wildman–Crippen LogP) is 2.62. The van der Waals surface area contributed by atoms with Gasteiger partial charge in [0.25, 0.3) is 5.56 Å². The Kier molecular flexibility index (Phi) is 4.72. The lowest BCUT2D eigenvalue weighted by molar-refractivity contribution is 0.0969. The number of Topliss-reactive ketones (excluding diaryl/α,β-unsaturated/α-hetero) is 1. The summed E-state index contributed by atoms with van der Waals surface area (Å²) in [6.45, 7) is 7.81. The van der Waals surface area contributed by atoms with Gasteiger partial charge in [-0.05, 0) is 27.2 Å². The largest absolute Gasteiger partial charge is 0.332 e. The zero-order valence-electron chi connectivity index (χ0n) is 17.8. The van der Waals surface area contributed by atoms with E-state index >= 15 is 0 Å². The standard InChI is InChI=1S/C22H25N5O3/c1-6-13(2)26-14(3)15(4)27-18-19(23-21(26)27)24(5)22(30)25(20(18)29)12-17(28)16-10-8-7-9-11-16/h7-11,13H,6,12H2,1-5H3. The summed E-state index contributed by atoms with van der Waals surface area (Å²) < 4.78 is 6.25. The van der Waals surface area contributed by atoms with Crippen molar-refractivity contribution < 1.29 is 4.79 Å². The van der Waals surface area contributed by atoms with E-state index in [1.807, 2.05) is 24.3 Å². The highest BCUT2D eigenvalue weighted by molar-refractivity contribution is 5.96. The number of ketones is 1. The van der Waals surface area contributed by atoms with Crippen molar-refractivity contribution in [1.29, 1.82) is 0 Å². The fraction of sp³-hybridized carbons (Fsp3) is 0.364. The summed E-state index contributed by atoms with van der Waals surface area (Å²) in [5.74, 6) is 0.341. The first-order chi connectivity index (χ1) is 14.3. The van der Waals surface area contributed by atoms with Crippen LogP contribution in [0.5, 0.6) is 0 Å². The van der Waals surface area contributed by atoms with Crippen molar-refractivity contribution in [2.45, 2.75) is 46.7 Å². The molecule has 1 aromatic carbocycles. The van der Waals surface area contributed by atoms with E-state index in [-0.39, 0.29) is 18.4 Å². The average Bonchev–Trinajstić information content (AvgIpc) is 3.25. The molecule has 0 saturated heterocycles. The van der Waals surface area contributed by atoms with Gasteiger partial charge < -0.3 is 4.57 Å². The molecule has 1 unspecified atom stereocenters. The summed E-state index contributed by atoms with van der Waals surface area (Å²) >= 11 is 0. The summed E-state index contributed by atoms with van der Waals surface area (Å²) in [5.41, 5.74) is 1.95. The second-order valence-corrected chi connectivity index (χ2v) is 7.74. The van der Waals surface area contributed by atoms with Crippen molar-refractivity contribution in [3.05, 3.63) is 68.1 Å². The first-order valence-electron chi connectivity index (χ1n) is 10.1. The molecular weight excluding hydrogens is 382 g/mol. The van der Waals surface area contributed by atoms with Crippen LogP contribution in [0.1, 0.15) is 48.1 Å². The molecule has 8 heteroatoms. The lowest BCUT2D eigenvalue weighted by atomic mass is 10.1. The van der Waals surface area contributed by atoms with Crippen LogP contribution in [-0.4, -0.2) is 28.9 Å². The minimum atomic E-state index is -0.554. The Morgan fingerprint density at radius 3 is 2.40 bits per heavy atom. The number of nitrogens with zero attached hydrogens (tertiary/aromatic N) is 5. The predicted molar refractivity (Wildman–Crippen MR) is 115 cm³/mol. The summed E-state index contributed by atoms with van der Waals surface area (Å²) in [4.78, 5) is 43.6. The fourth-order valence-electron chi connectivity index (χ4n) is 3.98. The van der Waals surface area contributed by atoms with E-state index in [4.69, 9.17) is 0 Å². The van der Waals surface area contributed by atoms with E-state index in [1.165, 1.54) is 4.57 Å². The number of benzene rings is 1. The molecular formula is C22H25N5O3.